The van der Waals surface area contributed by atoms with Crippen LogP contribution < -0.4 is 5.32 Å². The van der Waals surface area contributed by atoms with Crippen LogP contribution in [0.5, 0.6) is 0 Å². The fraction of sp³-hybridized carbons (Fsp3) is 0.429. The van der Waals surface area contributed by atoms with E-state index in [1.165, 1.54) is 15.3 Å². The Labute approximate surface area is 112 Å². The van der Waals surface area contributed by atoms with E-state index in [9.17, 15) is 0 Å². The average molecular weight is 261 g/mol. The van der Waals surface area contributed by atoms with E-state index in [-0.39, 0.29) is 0 Å². The molecule has 0 bridgehead atoms. The molecule has 0 amide bonds. The summed E-state index contributed by atoms with van der Waals surface area (Å²) in [5.41, 5.74) is 2.27. The minimum absolute atomic E-state index is 0.401. The lowest BCUT2D eigenvalue weighted by Gasteiger charge is -2.15. The number of aryl methyl sites for hydroxylation is 1. The zero-order valence-corrected chi connectivity index (χ0v) is 12.1. The van der Waals surface area contributed by atoms with E-state index in [0.29, 0.717) is 5.92 Å². The zero-order chi connectivity index (χ0) is 13.1. The minimum atomic E-state index is 0.401. The molecule has 0 aliphatic carbocycles. The summed E-state index contributed by atoms with van der Waals surface area (Å²) in [4.78, 5) is 11.4. The number of nitrogens with one attached hydrogen (secondary N) is 1. The van der Waals surface area contributed by atoms with E-state index in [1.807, 2.05) is 0 Å². The van der Waals surface area contributed by atoms with Gasteiger partial charge < -0.3 is 5.32 Å². The highest BCUT2D eigenvalue weighted by atomic mass is 32.1. The average Bonchev–Trinajstić information content (AvgIpc) is 2.75. The van der Waals surface area contributed by atoms with Crippen LogP contribution in [0, 0.1) is 6.92 Å². The lowest BCUT2D eigenvalue weighted by Crippen LogP contribution is -2.07. The van der Waals surface area contributed by atoms with Crippen molar-refractivity contribution in [3.05, 3.63) is 28.9 Å². The topological polar surface area (TPSA) is 37.8 Å². The molecule has 0 atom stereocenters. The Bertz CT molecular complexity index is 532. The molecule has 0 spiro atoms. The van der Waals surface area contributed by atoms with Gasteiger partial charge in [-0.25, -0.2) is 9.97 Å². The zero-order valence-electron chi connectivity index (χ0n) is 11.3. The van der Waals surface area contributed by atoms with Crippen molar-refractivity contribution in [2.24, 2.45) is 0 Å². The molecule has 2 aromatic heterocycles. The maximum atomic E-state index is 4.49. The molecular formula is C14H19N3S. The predicted molar refractivity (Wildman–Crippen MR) is 78.3 cm³/mol. The van der Waals surface area contributed by atoms with E-state index in [4.69, 9.17) is 0 Å². The van der Waals surface area contributed by atoms with Gasteiger partial charge in [-0.15, -0.1) is 11.3 Å². The van der Waals surface area contributed by atoms with Crippen molar-refractivity contribution in [3.63, 3.8) is 0 Å². The number of hydrogen-bond donors (Lipinski definition) is 1. The molecule has 0 radical (unpaired) electrons. The summed E-state index contributed by atoms with van der Waals surface area (Å²) >= 11 is 1.78. The molecule has 0 saturated heterocycles. The lowest BCUT2D eigenvalue weighted by molar-refractivity contribution is 0.850. The van der Waals surface area contributed by atoms with E-state index >= 15 is 0 Å². The van der Waals surface area contributed by atoms with E-state index in [1.54, 1.807) is 17.7 Å². The van der Waals surface area contributed by atoms with Crippen molar-refractivity contribution >= 4 is 17.2 Å². The van der Waals surface area contributed by atoms with E-state index in [2.05, 4.69) is 55.1 Å². The summed E-state index contributed by atoms with van der Waals surface area (Å²) in [5.74, 6) is 1.36. The first-order chi connectivity index (χ1) is 8.63. The van der Waals surface area contributed by atoms with Gasteiger partial charge in [-0.3, -0.25) is 0 Å². The third kappa shape index (κ3) is 2.53. The van der Waals surface area contributed by atoms with Gasteiger partial charge in [0, 0.05) is 17.0 Å². The molecule has 0 aliphatic heterocycles. The molecular weight excluding hydrogens is 242 g/mol. The van der Waals surface area contributed by atoms with Gasteiger partial charge in [0.25, 0.3) is 0 Å². The summed E-state index contributed by atoms with van der Waals surface area (Å²) in [6, 6.07) is 4.28. The summed E-state index contributed by atoms with van der Waals surface area (Å²) in [6.07, 6.45) is 1.65. The van der Waals surface area contributed by atoms with Crippen molar-refractivity contribution in [2.75, 3.05) is 11.9 Å². The van der Waals surface area contributed by atoms with Crippen LogP contribution in [0.2, 0.25) is 0 Å². The van der Waals surface area contributed by atoms with Gasteiger partial charge in [0.05, 0.1) is 10.6 Å². The van der Waals surface area contributed by atoms with Gasteiger partial charge in [0.15, 0.2) is 0 Å². The molecule has 18 heavy (non-hydrogen) atoms. The lowest BCUT2D eigenvalue weighted by atomic mass is 10.0. The fourth-order valence-corrected chi connectivity index (χ4v) is 2.89. The van der Waals surface area contributed by atoms with Gasteiger partial charge in [0.1, 0.15) is 12.1 Å². The molecule has 3 nitrogen and oxygen atoms in total. The van der Waals surface area contributed by atoms with Gasteiger partial charge in [-0.2, -0.15) is 0 Å². The number of rotatable bonds is 4. The van der Waals surface area contributed by atoms with Crippen molar-refractivity contribution < 1.29 is 0 Å². The molecule has 2 aromatic rings. The van der Waals surface area contributed by atoms with Crippen molar-refractivity contribution in [1.29, 1.82) is 0 Å². The minimum Gasteiger partial charge on any atom is -0.370 e. The van der Waals surface area contributed by atoms with Crippen molar-refractivity contribution in [3.8, 4) is 10.6 Å². The first kappa shape index (κ1) is 13.0. The number of thiophene rings is 1. The third-order valence-corrected chi connectivity index (χ3v) is 3.79. The van der Waals surface area contributed by atoms with Crippen molar-refractivity contribution in [1.82, 2.24) is 9.97 Å². The Morgan fingerprint density at radius 1 is 1.28 bits per heavy atom. The number of anilines is 1. The number of aromatic nitrogens is 2. The second-order valence-corrected chi connectivity index (χ2v) is 5.87. The highest BCUT2D eigenvalue weighted by Gasteiger charge is 2.16. The molecule has 1 N–H and O–H groups in total. The monoisotopic (exact) mass is 261 g/mol. The SMILES string of the molecule is CCNc1ncnc(-c2ccc(C)s2)c1C(C)C. The molecule has 2 rings (SSSR count). The highest BCUT2D eigenvalue weighted by Crippen LogP contribution is 2.35. The molecule has 0 unspecified atom stereocenters. The Hall–Kier alpha value is -1.42. The van der Waals surface area contributed by atoms with Crippen LogP contribution in [0.4, 0.5) is 5.82 Å². The molecule has 0 aliphatic rings. The highest BCUT2D eigenvalue weighted by molar-refractivity contribution is 7.15. The van der Waals surface area contributed by atoms with Crippen LogP contribution in [0.1, 0.15) is 37.1 Å². The first-order valence-electron chi connectivity index (χ1n) is 6.29. The summed E-state index contributed by atoms with van der Waals surface area (Å²) in [7, 11) is 0. The van der Waals surface area contributed by atoms with E-state index < -0.39 is 0 Å². The Morgan fingerprint density at radius 3 is 2.61 bits per heavy atom. The summed E-state index contributed by atoms with van der Waals surface area (Å²) in [5, 5.41) is 3.33. The van der Waals surface area contributed by atoms with Crippen LogP contribution in [0.3, 0.4) is 0 Å². The molecule has 0 saturated carbocycles. The first-order valence-corrected chi connectivity index (χ1v) is 7.10. The van der Waals surface area contributed by atoms with Crippen molar-refractivity contribution in [2.45, 2.75) is 33.6 Å². The molecule has 4 heteroatoms. The Kier molecular flexibility index (Phi) is 3.97. The third-order valence-electron chi connectivity index (χ3n) is 2.78. The summed E-state index contributed by atoms with van der Waals surface area (Å²) in [6.45, 7) is 9.45. The number of nitrogens with zero attached hydrogens (tertiary/aromatic N) is 2. The summed E-state index contributed by atoms with van der Waals surface area (Å²) < 4.78 is 0. The van der Waals surface area contributed by atoms with Crippen LogP contribution in [0.15, 0.2) is 18.5 Å². The predicted octanol–water partition coefficient (Wildman–Crippen LogP) is 4.07. The van der Waals surface area contributed by atoms with Crippen LogP contribution in [-0.4, -0.2) is 16.5 Å². The van der Waals surface area contributed by atoms with Crippen LogP contribution >= 0.6 is 11.3 Å². The number of hydrogen-bond acceptors (Lipinski definition) is 4. The standard InChI is InChI=1S/C14H19N3S/c1-5-15-14-12(9(2)3)13(16-8-17-14)11-7-6-10(4)18-11/h6-9H,5H2,1-4H3,(H,15,16,17). The molecule has 2 heterocycles. The largest absolute Gasteiger partial charge is 0.370 e. The van der Waals surface area contributed by atoms with Crippen LogP contribution in [0.25, 0.3) is 10.6 Å². The van der Waals surface area contributed by atoms with Gasteiger partial charge in [-0.05, 0) is 31.9 Å². The van der Waals surface area contributed by atoms with Gasteiger partial charge in [0.2, 0.25) is 0 Å². The fourth-order valence-electron chi connectivity index (χ4n) is 2.01. The second-order valence-electron chi connectivity index (χ2n) is 4.58. The van der Waals surface area contributed by atoms with Crippen LogP contribution in [-0.2, 0) is 0 Å². The second kappa shape index (κ2) is 5.48. The maximum absolute atomic E-state index is 4.49. The maximum Gasteiger partial charge on any atom is 0.133 e. The quantitative estimate of drug-likeness (QED) is 0.901. The molecule has 0 fully saturated rings. The van der Waals surface area contributed by atoms with Gasteiger partial charge in [-0.1, -0.05) is 13.8 Å². The normalized spacial score (nSPS) is 10.9. The molecule has 0 aromatic carbocycles. The smallest absolute Gasteiger partial charge is 0.133 e. The Balaban J connectivity index is 2.56. The van der Waals surface area contributed by atoms with Gasteiger partial charge >= 0.3 is 0 Å². The molecule has 96 valence electrons. The van der Waals surface area contributed by atoms with E-state index in [0.717, 1.165) is 18.1 Å². The Morgan fingerprint density at radius 2 is 2.06 bits per heavy atom.